The monoisotopic (exact) mass is 437 g/mol. The summed E-state index contributed by atoms with van der Waals surface area (Å²) in [4.78, 5) is 1.95. The standard InChI is InChI=1S/C20H24ClN3O4S/c1-14-10-16(15-6-5-9-24(12-15)13-23-22)20(27-2)18(11-14)28-29(25,26)19-8-4-3-7-17(19)21/h3-4,7-8,10-11,13,15H,5-6,9,12,22H2,1-2H3. The van der Waals surface area contributed by atoms with Gasteiger partial charge in [0.2, 0.25) is 0 Å². The van der Waals surface area contributed by atoms with Gasteiger partial charge in [0.15, 0.2) is 11.5 Å². The van der Waals surface area contributed by atoms with E-state index in [0.29, 0.717) is 12.3 Å². The molecular formula is C20H24ClN3O4S. The average Bonchev–Trinajstić information content (AvgIpc) is 2.68. The summed E-state index contributed by atoms with van der Waals surface area (Å²) in [5, 5.41) is 3.71. The average molecular weight is 438 g/mol. The van der Waals surface area contributed by atoms with Crippen LogP contribution in [0.1, 0.15) is 29.9 Å². The van der Waals surface area contributed by atoms with Gasteiger partial charge in [-0.2, -0.15) is 13.5 Å². The first-order valence-corrected chi connectivity index (χ1v) is 11.0. The molecule has 1 saturated heterocycles. The van der Waals surface area contributed by atoms with Crippen LogP contribution in [0.15, 0.2) is 46.4 Å². The van der Waals surface area contributed by atoms with Crippen molar-refractivity contribution in [3.8, 4) is 11.5 Å². The summed E-state index contributed by atoms with van der Waals surface area (Å²) >= 11 is 6.06. The van der Waals surface area contributed by atoms with Gasteiger partial charge in [0.25, 0.3) is 0 Å². The Labute approximate surface area is 176 Å². The summed E-state index contributed by atoms with van der Waals surface area (Å²) in [5.41, 5.74) is 1.77. The fraction of sp³-hybridized carbons (Fsp3) is 0.350. The van der Waals surface area contributed by atoms with Crippen molar-refractivity contribution in [1.82, 2.24) is 4.90 Å². The van der Waals surface area contributed by atoms with E-state index >= 15 is 0 Å². The highest BCUT2D eigenvalue weighted by Gasteiger charge is 2.28. The van der Waals surface area contributed by atoms with E-state index in [1.807, 2.05) is 17.9 Å². The minimum Gasteiger partial charge on any atom is -0.492 e. The van der Waals surface area contributed by atoms with Crippen molar-refractivity contribution in [2.45, 2.75) is 30.6 Å². The molecule has 0 aromatic heterocycles. The summed E-state index contributed by atoms with van der Waals surface area (Å²) in [7, 11) is -2.62. The van der Waals surface area contributed by atoms with Crippen molar-refractivity contribution >= 4 is 28.1 Å². The summed E-state index contributed by atoms with van der Waals surface area (Å²) in [6.45, 7) is 3.46. The summed E-state index contributed by atoms with van der Waals surface area (Å²) in [5.74, 6) is 5.97. The van der Waals surface area contributed by atoms with Crippen LogP contribution in [0.4, 0.5) is 0 Å². The smallest absolute Gasteiger partial charge is 0.340 e. The molecule has 1 atom stereocenters. The van der Waals surface area contributed by atoms with Crippen molar-refractivity contribution < 1.29 is 17.3 Å². The number of benzene rings is 2. The molecule has 3 rings (SSSR count). The molecule has 156 valence electrons. The number of methoxy groups -OCH3 is 1. The zero-order valence-electron chi connectivity index (χ0n) is 16.3. The Bertz CT molecular complexity index is 1010. The maximum Gasteiger partial charge on any atom is 0.340 e. The number of hydrogen-bond donors (Lipinski definition) is 1. The highest BCUT2D eigenvalue weighted by molar-refractivity contribution is 7.87. The molecule has 1 aliphatic rings. The van der Waals surface area contributed by atoms with Crippen LogP contribution < -0.4 is 14.8 Å². The number of halogens is 1. The minimum atomic E-state index is -4.12. The van der Waals surface area contributed by atoms with Crippen molar-refractivity contribution in [2.24, 2.45) is 10.9 Å². The van der Waals surface area contributed by atoms with Gasteiger partial charge in [-0.1, -0.05) is 29.8 Å². The molecule has 1 unspecified atom stereocenters. The SMILES string of the molecule is COc1c(OS(=O)(=O)c2ccccc2Cl)cc(C)cc1C1CCCN(C=NN)C1. The van der Waals surface area contributed by atoms with Crippen LogP contribution in [0.5, 0.6) is 11.5 Å². The first kappa shape index (κ1) is 21.3. The number of aryl methyl sites for hydroxylation is 1. The van der Waals surface area contributed by atoms with Crippen molar-refractivity contribution in [3.63, 3.8) is 0 Å². The van der Waals surface area contributed by atoms with Crippen LogP contribution in [-0.2, 0) is 10.1 Å². The van der Waals surface area contributed by atoms with E-state index < -0.39 is 10.1 Å². The predicted octanol–water partition coefficient (Wildman–Crippen LogP) is 3.51. The molecule has 0 saturated carbocycles. The largest absolute Gasteiger partial charge is 0.492 e. The van der Waals surface area contributed by atoms with Gasteiger partial charge in [0.05, 0.1) is 12.1 Å². The molecular weight excluding hydrogens is 414 g/mol. The Morgan fingerprint density at radius 1 is 1.31 bits per heavy atom. The van der Waals surface area contributed by atoms with Crippen LogP contribution in [0.25, 0.3) is 0 Å². The molecule has 1 heterocycles. The van der Waals surface area contributed by atoms with E-state index in [-0.39, 0.29) is 21.6 Å². The molecule has 0 aliphatic carbocycles. The lowest BCUT2D eigenvalue weighted by atomic mass is 9.89. The lowest BCUT2D eigenvalue weighted by Gasteiger charge is -2.32. The number of nitrogens with two attached hydrogens (primary N) is 1. The van der Waals surface area contributed by atoms with Gasteiger partial charge >= 0.3 is 10.1 Å². The minimum absolute atomic E-state index is 0.0882. The third kappa shape index (κ3) is 4.76. The fourth-order valence-electron chi connectivity index (χ4n) is 3.62. The van der Waals surface area contributed by atoms with Crippen LogP contribution in [0, 0.1) is 6.92 Å². The van der Waals surface area contributed by atoms with E-state index in [1.165, 1.54) is 19.2 Å². The molecule has 0 spiro atoms. The van der Waals surface area contributed by atoms with Gasteiger partial charge in [-0.05, 0) is 43.5 Å². The second kappa shape index (κ2) is 8.92. The topological polar surface area (TPSA) is 94.2 Å². The Balaban J connectivity index is 1.99. The maximum atomic E-state index is 12.8. The van der Waals surface area contributed by atoms with E-state index in [2.05, 4.69) is 5.10 Å². The van der Waals surface area contributed by atoms with Gasteiger partial charge < -0.3 is 19.7 Å². The molecule has 9 heteroatoms. The molecule has 2 aromatic carbocycles. The summed E-state index contributed by atoms with van der Waals surface area (Å²) in [6, 6.07) is 9.82. The van der Waals surface area contributed by atoms with Crippen LogP contribution in [0.2, 0.25) is 5.02 Å². The Morgan fingerprint density at radius 3 is 2.76 bits per heavy atom. The number of piperidine rings is 1. The molecule has 2 N–H and O–H groups in total. The summed E-state index contributed by atoms with van der Waals surface area (Å²) in [6.07, 6.45) is 3.51. The Morgan fingerprint density at radius 2 is 2.07 bits per heavy atom. The maximum absolute atomic E-state index is 12.8. The van der Waals surface area contributed by atoms with Gasteiger partial charge in [-0.25, -0.2) is 0 Å². The number of hydrogen-bond acceptors (Lipinski definition) is 6. The van der Waals surface area contributed by atoms with E-state index in [4.69, 9.17) is 26.4 Å². The number of likely N-dealkylation sites (tertiary alicyclic amines) is 1. The van der Waals surface area contributed by atoms with Gasteiger partial charge in [-0.15, -0.1) is 0 Å². The second-order valence-electron chi connectivity index (χ2n) is 6.95. The lowest BCUT2D eigenvalue weighted by Crippen LogP contribution is -2.33. The van der Waals surface area contributed by atoms with Crippen molar-refractivity contribution in [2.75, 3.05) is 20.2 Å². The molecule has 7 nitrogen and oxygen atoms in total. The zero-order valence-corrected chi connectivity index (χ0v) is 17.9. The first-order chi connectivity index (χ1) is 13.9. The second-order valence-corrected chi connectivity index (χ2v) is 8.87. The molecule has 0 radical (unpaired) electrons. The fourth-order valence-corrected chi connectivity index (χ4v) is 5.04. The zero-order chi connectivity index (χ0) is 21.0. The van der Waals surface area contributed by atoms with E-state index in [1.54, 1.807) is 24.5 Å². The lowest BCUT2D eigenvalue weighted by molar-refractivity contribution is 0.306. The molecule has 0 bridgehead atoms. The molecule has 1 fully saturated rings. The van der Waals surface area contributed by atoms with Crippen LogP contribution >= 0.6 is 11.6 Å². The van der Waals surface area contributed by atoms with Gasteiger partial charge in [0.1, 0.15) is 11.2 Å². The van der Waals surface area contributed by atoms with Crippen LogP contribution in [-0.4, -0.2) is 39.9 Å². The Kier molecular flexibility index (Phi) is 6.54. The van der Waals surface area contributed by atoms with E-state index in [9.17, 15) is 8.42 Å². The number of rotatable bonds is 6. The predicted molar refractivity (Wildman–Crippen MR) is 113 cm³/mol. The van der Waals surface area contributed by atoms with Crippen molar-refractivity contribution in [3.05, 3.63) is 52.5 Å². The molecule has 1 aliphatic heterocycles. The highest BCUT2D eigenvalue weighted by atomic mass is 35.5. The van der Waals surface area contributed by atoms with Gasteiger partial charge in [0, 0.05) is 24.6 Å². The summed E-state index contributed by atoms with van der Waals surface area (Å²) < 4.78 is 36.7. The Hall–Kier alpha value is -2.45. The first-order valence-electron chi connectivity index (χ1n) is 9.20. The number of ether oxygens (including phenoxy) is 1. The number of hydrazone groups is 1. The van der Waals surface area contributed by atoms with E-state index in [0.717, 1.165) is 30.5 Å². The normalized spacial score (nSPS) is 17.5. The quantitative estimate of drug-likeness (QED) is 0.244. The molecule has 0 amide bonds. The van der Waals surface area contributed by atoms with Gasteiger partial charge in [-0.3, -0.25) is 0 Å². The third-order valence-corrected chi connectivity index (χ3v) is 6.60. The molecule has 29 heavy (non-hydrogen) atoms. The third-order valence-electron chi connectivity index (χ3n) is 4.86. The number of nitrogens with zero attached hydrogens (tertiary/aromatic N) is 2. The van der Waals surface area contributed by atoms with Crippen LogP contribution in [0.3, 0.4) is 0 Å². The molecule has 2 aromatic rings. The van der Waals surface area contributed by atoms with Crippen molar-refractivity contribution in [1.29, 1.82) is 0 Å². The highest BCUT2D eigenvalue weighted by Crippen LogP contribution is 2.41.